The third-order valence-corrected chi connectivity index (χ3v) is 4.96. The lowest BCUT2D eigenvalue weighted by Gasteiger charge is -2.31. The van der Waals surface area contributed by atoms with Crippen molar-refractivity contribution in [2.45, 2.75) is 25.8 Å². The fourth-order valence-electron chi connectivity index (χ4n) is 3.16. The second-order valence-electron chi connectivity index (χ2n) is 7.22. The van der Waals surface area contributed by atoms with Gasteiger partial charge in [0.15, 0.2) is 6.10 Å². The summed E-state index contributed by atoms with van der Waals surface area (Å²) in [5.74, 6) is -1.53. The first-order valence-electron chi connectivity index (χ1n) is 9.94. The number of nitrogens with one attached hydrogen (secondary N) is 1. The Bertz CT molecular complexity index is 957. The van der Waals surface area contributed by atoms with E-state index < -0.39 is 29.7 Å². The molecule has 0 radical (unpaired) electrons. The number of esters is 1. The lowest BCUT2D eigenvalue weighted by molar-refractivity contribution is -0.137. The maximum atomic E-state index is 13.2. The Labute approximate surface area is 182 Å². The van der Waals surface area contributed by atoms with Gasteiger partial charge in [-0.1, -0.05) is 12.1 Å². The van der Waals surface area contributed by atoms with Crippen molar-refractivity contribution < 1.29 is 37.3 Å². The Morgan fingerprint density at radius 1 is 1.16 bits per heavy atom. The van der Waals surface area contributed by atoms with Gasteiger partial charge in [0.25, 0.3) is 5.91 Å². The highest BCUT2D eigenvalue weighted by Crippen LogP contribution is 2.36. The number of aliphatic hydroxyl groups excluding tert-OH is 1. The number of nitrogens with zero attached hydrogens (tertiary/aromatic N) is 1. The van der Waals surface area contributed by atoms with Gasteiger partial charge in [0.05, 0.1) is 42.3 Å². The van der Waals surface area contributed by atoms with Crippen LogP contribution in [0.3, 0.4) is 0 Å². The maximum absolute atomic E-state index is 13.2. The maximum Gasteiger partial charge on any atom is 0.416 e. The van der Waals surface area contributed by atoms with Crippen LogP contribution in [0.1, 0.15) is 28.4 Å². The highest BCUT2D eigenvalue weighted by molar-refractivity contribution is 5.99. The van der Waals surface area contributed by atoms with Crippen LogP contribution in [-0.2, 0) is 27.1 Å². The van der Waals surface area contributed by atoms with Crippen LogP contribution >= 0.6 is 0 Å². The van der Waals surface area contributed by atoms with Gasteiger partial charge < -0.3 is 24.8 Å². The summed E-state index contributed by atoms with van der Waals surface area (Å²) in [5.41, 5.74) is 0.274. The van der Waals surface area contributed by atoms with E-state index in [0.717, 1.165) is 12.1 Å². The van der Waals surface area contributed by atoms with Gasteiger partial charge in [-0.15, -0.1) is 0 Å². The molecule has 2 N–H and O–H groups in total. The van der Waals surface area contributed by atoms with Crippen molar-refractivity contribution in [3.63, 3.8) is 0 Å². The molecule has 3 rings (SSSR count). The molecule has 172 valence electrons. The van der Waals surface area contributed by atoms with Crippen LogP contribution in [0.25, 0.3) is 0 Å². The zero-order valence-corrected chi connectivity index (χ0v) is 17.3. The van der Waals surface area contributed by atoms with Gasteiger partial charge in [0.1, 0.15) is 0 Å². The molecule has 10 heteroatoms. The number of carbonyl (C=O) groups is 2. The summed E-state index contributed by atoms with van der Waals surface area (Å²) in [6.45, 7) is 2.90. The normalized spacial score (nSPS) is 15.2. The van der Waals surface area contributed by atoms with Crippen LogP contribution < -0.4 is 10.2 Å². The predicted octanol–water partition coefficient (Wildman–Crippen LogP) is 3.22. The van der Waals surface area contributed by atoms with Crippen LogP contribution in [0.4, 0.5) is 24.5 Å². The topological polar surface area (TPSA) is 88.1 Å². The van der Waals surface area contributed by atoms with Crippen molar-refractivity contribution in [1.82, 2.24) is 0 Å². The minimum absolute atomic E-state index is 0.0260. The van der Waals surface area contributed by atoms with Crippen LogP contribution in [0.5, 0.6) is 0 Å². The summed E-state index contributed by atoms with van der Waals surface area (Å²) in [7, 11) is 0. The monoisotopic (exact) mass is 452 g/mol. The first-order valence-corrected chi connectivity index (χ1v) is 9.94. The Balaban J connectivity index is 1.75. The number of aliphatic hydroxyl groups is 1. The summed E-state index contributed by atoms with van der Waals surface area (Å²) >= 11 is 0. The van der Waals surface area contributed by atoms with Gasteiger partial charge in [0, 0.05) is 13.1 Å². The van der Waals surface area contributed by atoms with E-state index in [1.165, 1.54) is 25.1 Å². The van der Waals surface area contributed by atoms with Crippen molar-refractivity contribution >= 4 is 23.3 Å². The fraction of sp³-hybridized carbons (Fsp3) is 0.364. The number of anilines is 2. The zero-order chi connectivity index (χ0) is 23.3. The van der Waals surface area contributed by atoms with Crippen LogP contribution in [0.15, 0.2) is 42.5 Å². The summed E-state index contributed by atoms with van der Waals surface area (Å²) in [4.78, 5) is 26.7. The fourth-order valence-corrected chi connectivity index (χ4v) is 3.16. The summed E-state index contributed by atoms with van der Waals surface area (Å²) in [6.07, 6.45) is -5.84. The van der Waals surface area contributed by atoms with Gasteiger partial charge in [-0.3, -0.25) is 4.79 Å². The van der Waals surface area contributed by atoms with Crippen molar-refractivity contribution in [3.05, 3.63) is 59.2 Å². The van der Waals surface area contributed by atoms with E-state index in [1.54, 1.807) is 12.1 Å². The number of morpholine rings is 1. The number of carbonyl (C=O) groups excluding carboxylic acids is 2. The zero-order valence-electron chi connectivity index (χ0n) is 17.3. The molecule has 0 aliphatic carbocycles. The molecule has 1 heterocycles. The first kappa shape index (κ1) is 23.6. The molecular weight excluding hydrogens is 429 g/mol. The summed E-state index contributed by atoms with van der Waals surface area (Å²) in [5, 5.41) is 11.5. The lowest BCUT2D eigenvalue weighted by atomic mass is 10.1. The molecule has 1 aliphatic rings. The number of alkyl halides is 3. The quantitative estimate of drug-likeness (QED) is 0.655. The Morgan fingerprint density at radius 2 is 1.81 bits per heavy atom. The third-order valence-electron chi connectivity index (χ3n) is 4.96. The highest BCUT2D eigenvalue weighted by atomic mass is 19.4. The Morgan fingerprint density at radius 3 is 2.41 bits per heavy atom. The van der Waals surface area contributed by atoms with Crippen molar-refractivity contribution in [1.29, 1.82) is 0 Å². The largest absolute Gasteiger partial charge is 0.449 e. The van der Waals surface area contributed by atoms with Crippen molar-refractivity contribution in [2.24, 2.45) is 0 Å². The highest BCUT2D eigenvalue weighted by Gasteiger charge is 2.32. The molecule has 0 spiro atoms. The molecule has 0 saturated carbocycles. The molecule has 1 fully saturated rings. The minimum atomic E-state index is -4.58. The summed E-state index contributed by atoms with van der Waals surface area (Å²) in [6, 6.07) is 9.11. The van der Waals surface area contributed by atoms with Crippen LogP contribution in [-0.4, -0.2) is 49.4 Å². The number of hydrogen-bond acceptors (Lipinski definition) is 6. The van der Waals surface area contributed by atoms with E-state index in [0.29, 0.717) is 37.6 Å². The third kappa shape index (κ3) is 5.77. The SMILES string of the molecule is CC(OC(=O)c1ccc(CO)cc1)C(=O)Nc1cc(C(F)(F)F)ccc1N1CCOCC1. The van der Waals surface area contributed by atoms with Crippen LogP contribution in [0.2, 0.25) is 0 Å². The van der Waals surface area contributed by atoms with Crippen LogP contribution in [0, 0.1) is 0 Å². The molecule has 7 nitrogen and oxygen atoms in total. The molecule has 0 aromatic heterocycles. The second-order valence-corrected chi connectivity index (χ2v) is 7.22. The smallest absolute Gasteiger partial charge is 0.416 e. The molecule has 2 aromatic rings. The molecular formula is C22H23F3N2O5. The van der Waals surface area contributed by atoms with E-state index in [-0.39, 0.29) is 17.9 Å². The predicted molar refractivity (Wildman–Crippen MR) is 110 cm³/mol. The number of halogens is 3. The Hall–Kier alpha value is -3.11. The standard InChI is InChI=1S/C22H23F3N2O5/c1-14(32-21(30)16-4-2-15(13-28)3-5-16)20(29)26-18-12-17(22(23,24)25)6-7-19(18)27-8-10-31-11-9-27/h2-7,12,14,28H,8-11,13H2,1H3,(H,26,29). The molecule has 1 atom stereocenters. The van der Waals surface area contributed by atoms with Crippen molar-refractivity contribution in [3.8, 4) is 0 Å². The minimum Gasteiger partial charge on any atom is -0.449 e. The molecule has 1 aliphatic heterocycles. The van der Waals surface area contributed by atoms with Crippen molar-refractivity contribution in [2.75, 3.05) is 36.5 Å². The molecule has 1 unspecified atom stereocenters. The first-order chi connectivity index (χ1) is 15.2. The van der Waals surface area contributed by atoms with E-state index in [1.807, 2.05) is 4.90 Å². The van der Waals surface area contributed by atoms with Gasteiger partial charge in [-0.05, 0) is 42.8 Å². The number of ether oxygens (including phenoxy) is 2. The molecule has 32 heavy (non-hydrogen) atoms. The number of hydrogen-bond donors (Lipinski definition) is 2. The average molecular weight is 452 g/mol. The molecule has 0 bridgehead atoms. The average Bonchev–Trinajstić information content (AvgIpc) is 2.79. The van der Waals surface area contributed by atoms with E-state index >= 15 is 0 Å². The van der Waals surface area contributed by atoms with Gasteiger partial charge >= 0.3 is 12.1 Å². The van der Waals surface area contributed by atoms with Gasteiger partial charge in [-0.2, -0.15) is 13.2 Å². The second kappa shape index (κ2) is 10.0. The number of rotatable bonds is 6. The van der Waals surface area contributed by atoms with E-state index in [4.69, 9.17) is 14.6 Å². The summed E-state index contributed by atoms with van der Waals surface area (Å²) < 4.78 is 50.1. The number of benzene rings is 2. The van der Waals surface area contributed by atoms with Gasteiger partial charge in [0.2, 0.25) is 0 Å². The molecule has 2 aromatic carbocycles. The van der Waals surface area contributed by atoms with E-state index in [9.17, 15) is 22.8 Å². The molecule has 1 amide bonds. The van der Waals surface area contributed by atoms with E-state index in [2.05, 4.69) is 5.32 Å². The Kier molecular flexibility index (Phi) is 7.37. The molecule has 1 saturated heterocycles. The lowest BCUT2D eigenvalue weighted by Crippen LogP contribution is -2.37. The number of amides is 1. The van der Waals surface area contributed by atoms with Gasteiger partial charge in [-0.25, -0.2) is 4.79 Å².